The van der Waals surface area contributed by atoms with Gasteiger partial charge >= 0.3 is 0 Å². The third-order valence-corrected chi connectivity index (χ3v) is 11.2. The third kappa shape index (κ3) is 6.43. The van der Waals surface area contributed by atoms with Crippen molar-refractivity contribution >= 4 is 32.7 Å². The van der Waals surface area contributed by atoms with Crippen LogP contribution < -0.4 is 0 Å². The molecule has 0 spiro atoms. The number of benzene rings is 9. The Morgan fingerprint density at radius 3 is 1.39 bits per heavy atom. The Balaban J connectivity index is 1.08. The van der Waals surface area contributed by atoms with E-state index in [-0.39, 0.29) is 0 Å². The normalized spacial score (nSPS) is 11.4. The van der Waals surface area contributed by atoms with Gasteiger partial charge in [0.2, 0.25) is 0 Å². The fourth-order valence-corrected chi connectivity index (χ4v) is 8.10. The second-order valence-electron chi connectivity index (χ2n) is 14.8. The molecule has 0 aliphatic heterocycles. The molecule has 11 aromatic rings. The van der Waals surface area contributed by atoms with Crippen LogP contribution >= 0.6 is 0 Å². The first-order valence-electron chi connectivity index (χ1n) is 19.8. The van der Waals surface area contributed by atoms with Crippen LogP contribution in [0.25, 0.3) is 111 Å². The summed E-state index contributed by atoms with van der Waals surface area (Å²) in [6.45, 7) is 0. The Kier molecular flexibility index (Phi) is 8.45. The van der Waals surface area contributed by atoms with Gasteiger partial charge in [-0.2, -0.15) is 0 Å². The summed E-state index contributed by atoms with van der Waals surface area (Å²) in [4.78, 5) is 15.6. The minimum absolute atomic E-state index is 0.582. The summed E-state index contributed by atoms with van der Waals surface area (Å²) >= 11 is 0. The molecule has 0 radical (unpaired) electrons. The predicted molar refractivity (Wildman–Crippen MR) is 243 cm³/mol. The number of rotatable bonds is 7. The molecular weight excluding hydrogens is 719 g/mol. The second kappa shape index (κ2) is 14.5. The highest BCUT2D eigenvalue weighted by atomic mass is 16.3. The van der Waals surface area contributed by atoms with Gasteiger partial charge in [0.25, 0.3) is 0 Å². The van der Waals surface area contributed by atoms with E-state index < -0.39 is 0 Å². The highest BCUT2D eigenvalue weighted by Gasteiger charge is 2.21. The first-order chi connectivity index (χ1) is 29.2. The second-order valence-corrected chi connectivity index (χ2v) is 14.8. The molecular formula is C55H35N3O. The molecule has 0 bridgehead atoms. The first-order valence-corrected chi connectivity index (χ1v) is 19.8. The van der Waals surface area contributed by atoms with Crippen LogP contribution in [0.3, 0.4) is 0 Å². The van der Waals surface area contributed by atoms with Crippen molar-refractivity contribution in [1.82, 2.24) is 15.0 Å². The fourth-order valence-electron chi connectivity index (χ4n) is 8.10. The summed E-state index contributed by atoms with van der Waals surface area (Å²) < 4.78 is 6.86. The van der Waals surface area contributed by atoms with E-state index in [2.05, 4.69) is 194 Å². The van der Waals surface area contributed by atoms with Crippen LogP contribution in [0.15, 0.2) is 217 Å². The molecule has 2 heterocycles. The molecule has 0 aliphatic rings. The van der Waals surface area contributed by atoms with Gasteiger partial charge in [-0.15, -0.1) is 0 Å². The van der Waals surface area contributed by atoms with Crippen LogP contribution in [-0.4, -0.2) is 15.0 Å². The predicted octanol–water partition coefficient (Wildman–Crippen LogP) is 14.6. The van der Waals surface area contributed by atoms with Crippen LogP contribution in [0, 0.1) is 0 Å². The lowest BCUT2D eigenvalue weighted by Crippen LogP contribution is -2.00. The minimum Gasteiger partial charge on any atom is -0.455 e. The van der Waals surface area contributed by atoms with E-state index in [1.54, 1.807) is 0 Å². The summed E-state index contributed by atoms with van der Waals surface area (Å²) in [5.74, 6) is 1.79. The maximum absolute atomic E-state index is 6.86. The van der Waals surface area contributed by atoms with Gasteiger partial charge in [-0.25, -0.2) is 15.0 Å². The van der Waals surface area contributed by atoms with Crippen LogP contribution in [-0.2, 0) is 0 Å². The fraction of sp³-hybridized carbons (Fsp3) is 0. The smallest absolute Gasteiger partial charge is 0.164 e. The lowest BCUT2D eigenvalue weighted by Gasteiger charge is -2.12. The largest absolute Gasteiger partial charge is 0.455 e. The molecule has 0 fully saturated rings. The van der Waals surface area contributed by atoms with E-state index in [4.69, 9.17) is 19.4 Å². The van der Waals surface area contributed by atoms with Crippen molar-refractivity contribution in [2.75, 3.05) is 0 Å². The maximum Gasteiger partial charge on any atom is 0.164 e. The van der Waals surface area contributed by atoms with Crippen molar-refractivity contribution in [1.29, 1.82) is 0 Å². The molecule has 59 heavy (non-hydrogen) atoms. The Labute approximate surface area is 341 Å². The first kappa shape index (κ1) is 34.3. The number of nitrogens with zero attached hydrogens (tertiary/aromatic N) is 3. The van der Waals surface area contributed by atoms with Crippen LogP contribution in [0.4, 0.5) is 0 Å². The number of hydrogen-bond acceptors (Lipinski definition) is 4. The molecule has 9 aromatic carbocycles. The highest BCUT2D eigenvalue weighted by Crippen LogP contribution is 2.43. The number of aromatic nitrogens is 3. The molecule has 0 N–H and O–H groups in total. The summed E-state index contributed by atoms with van der Waals surface area (Å²) in [6, 6.07) is 74.0. The van der Waals surface area contributed by atoms with E-state index in [0.717, 1.165) is 82.8 Å². The Morgan fingerprint density at radius 1 is 0.288 bits per heavy atom. The third-order valence-electron chi connectivity index (χ3n) is 11.2. The molecule has 0 aliphatic carbocycles. The van der Waals surface area contributed by atoms with Gasteiger partial charge < -0.3 is 4.42 Å². The molecule has 4 nitrogen and oxygen atoms in total. The lowest BCUT2D eigenvalue weighted by atomic mass is 9.97. The lowest BCUT2D eigenvalue weighted by molar-refractivity contribution is 0.670. The summed E-state index contributed by atoms with van der Waals surface area (Å²) in [7, 11) is 0. The van der Waals surface area contributed by atoms with E-state index in [9.17, 15) is 0 Å². The van der Waals surface area contributed by atoms with Crippen LogP contribution in [0.5, 0.6) is 0 Å². The summed E-state index contributed by atoms with van der Waals surface area (Å²) in [5, 5.41) is 4.26. The van der Waals surface area contributed by atoms with Crippen molar-refractivity contribution in [3.8, 4) is 78.7 Å². The topological polar surface area (TPSA) is 51.8 Å². The van der Waals surface area contributed by atoms with Gasteiger partial charge in [0.05, 0.1) is 0 Å². The minimum atomic E-state index is 0.582. The van der Waals surface area contributed by atoms with Crippen molar-refractivity contribution in [3.63, 3.8) is 0 Å². The zero-order valence-corrected chi connectivity index (χ0v) is 32.0. The van der Waals surface area contributed by atoms with Crippen molar-refractivity contribution in [2.45, 2.75) is 0 Å². The number of fused-ring (bicyclic) bond motifs is 4. The molecule has 0 atom stereocenters. The number of furan rings is 1. The summed E-state index contributed by atoms with van der Waals surface area (Å²) in [5.41, 5.74) is 13.3. The van der Waals surface area contributed by atoms with Crippen LogP contribution in [0.2, 0.25) is 0 Å². The standard InChI is InChI=1S/C55H35N3O/c1-4-12-36(13-5-1)39-20-22-40(23-21-39)41-24-27-43(28-25-41)53-56-54(46-29-26-38-16-10-11-19-44(38)34-46)58-55(57-53)49-33-32-47(42-17-8-3-9-18-42)52-51(49)48-31-30-45(35-50(48)59-52)37-14-6-2-7-15-37/h1-35H. The quantitative estimate of drug-likeness (QED) is 0.163. The zero-order valence-electron chi connectivity index (χ0n) is 32.0. The van der Waals surface area contributed by atoms with Crippen LogP contribution in [0.1, 0.15) is 0 Å². The molecule has 0 saturated carbocycles. The average Bonchev–Trinajstić information content (AvgIpc) is 3.71. The van der Waals surface area contributed by atoms with Gasteiger partial charge in [0.1, 0.15) is 11.2 Å². The van der Waals surface area contributed by atoms with Gasteiger partial charge in [0.15, 0.2) is 17.5 Å². The van der Waals surface area contributed by atoms with Gasteiger partial charge in [-0.05, 0) is 80.0 Å². The SMILES string of the molecule is c1ccc(-c2ccc(-c3ccc(-c4nc(-c5ccc6ccccc6c5)nc(-c5ccc(-c6ccccc6)c6oc7cc(-c8ccccc8)ccc7c56)n4)cc3)cc2)cc1. The van der Waals surface area contributed by atoms with Crippen molar-refractivity contribution in [3.05, 3.63) is 212 Å². The highest BCUT2D eigenvalue weighted by molar-refractivity contribution is 6.16. The molecule has 0 amide bonds. The Morgan fingerprint density at radius 2 is 0.746 bits per heavy atom. The van der Waals surface area contributed by atoms with E-state index in [0.29, 0.717) is 17.5 Å². The molecule has 2 aromatic heterocycles. The Hall–Kier alpha value is -7.95. The maximum atomic E-state index is 6.86. The van der Waals surface area contributed by atoms with Gasteiger partial charge in [-0.1, -0.05) is 182 Å². The molecule has 0 saturated heterocycles. The monoisotopic (exact) mass is 753 g/mol. The average molecular weight is 754 g/mol. The Bertz CT molecular complexity index is 3280. The molecule has 4 heteroatoms. The summed E-state index contributed by atoms with van der Waals surface area (Å²) in [6.07, 6.45) is 0. The van der Waals surface area contributed by atoms with E-state index in [1.807, 2.05) is 18.2 Å². The molecule has 0 unspecified atom stereocenters. The molecule has 276 valence electrons. The zero-order chi connectivity index (χ0) is 39.1. The molecule has 11 rings (SSSR count). The van der Waals surface area contributed by atoms with E-state index in [1.165, 1.54) is 11.1 Å². The van der Waals surface area contributed by atoms with Gasteiger partial charge in [0, 0.05) is 33.0 Å². The van der Waals surface area contributed by atoms with Crippen molar-refractivity contribution in [2.24, 2.45) is 0 Å². The van der Waals surface area contributed by atoms with Crippen molar-refractivity contribution < 1.29 is 4.42 Å². The van der Waals surface area contributed by atoms with E-state index >= 15 is 0 Å². The van der Waals surface area contributed by atoms with Gasteiger partial charge in [-0.3, -0.25) is 0 Å². The number of hydrogen-bond donors (Lipinski definition) is 0.